The lowest BCUT2D eigenvalue weighted by Gasteiger charge is -2.28. The van der Waals surface area contributed by atoms with Crippen molar-refractivity contribution >= 4 is 11.7 Å². The molecule has 0 aliphatic heterocycles. The first-order valence-electron chi connectivity index (χ1n) is 5.96. The molecule has 0 aromatic carbocycles. The molecule has 1 heterocycles. The van der Waals surface area contributed by atoms with Gasteiger partial charge in [-0.25, -0.2) is 0 Å². The van der Waals surface area contributed by atoms with Gasteiger partial charge in [0.25, 0.3) is 0 Å². The molecule has 0 aliphatic carbocycles. The average Bonchev–Trinajstić information content (AvgIpc) is 2.29. The van der Waals surface area contributed by atoms with Crippen LogP contribution in [0.25, 0.3) is 0 Å². The normalized spacial score (nSPS) is 10.8. The van der Waals surface area contributed by atoms with Crippen LogP contribution in [-0.2, 0) is 11.3 Å². The molecule has 0 aliphatic rings. The molecule has 0 fully saturated rings. The molecule has 0 spiro atoms. The summed E-state index contributed by atoms with van der Waals surface area (Å²) < 4.78 is 0. The van der Waals surface area contributed by atoms with Crippen LogP contribution >= 0.6 is 0 Å². The largest absolute Gasteiger partial charge is 0.368 e. The molecule has 100 valence electrons. The van der Waals surface area contributed by atoms with Gasteiger partial charge in [0, 0.05) is 18.2 Å². The number of nitrogens with two attached hydrogens (primary N) is 2. The number of hydrogen-bond donors (Lipinski definition) is 2. The van der Waals surface area contributed by atoms with E-state index >= 15 is 0 Å². The van der Waals surface area contributed by atoms with E-state index in [1.165, 1.54) is 0 Å². The van der Waals surface area contributed by atoms with Gasteiger partial charge in [-0.05, 0) is 33.3 Å². The van der Waals surface area contributed by atoms with Gasteiger partial charge in [-0.15, -0.1) is 5.10 Å². The zero-order valence-electron chi connectivity index (χ0n) is 11.4. The molecule has 1 amide bonds. The predicted molar refractivity (Wildman–Crippen MR) is 71.1 cm³/mol. The monoisotopic (exact) mass is 251 g/mol. The highest BCUT2D eigenvalue weighted by atomic mass is 16.1. The van der Waals surface area contributed by atoms with Crippen LogP contribution in [0, 0.1) is 13.8 Å². The number of rotatable bonds is 5. The summed E-state index contributed by atoms with van der Waals surface area (Å²) in [6, 6.07) is 0.0965. The maximum Gasteiger partial charge on any atom is 0.237 e. The Hall–Kier alpha value is -1.69. The van der Waals surface area contributed by atoms with Crippen molar-refractivity contribution in [3.63, 3.8) is 0 Å². The topological polar surface area (TPSA) is 98.1 Å². The number of hydrogen-bond acceptors (Lipinski definition) is 5. The Morgan fingerprint density at radius 2 is 1.94 bits per heavy atom. The summed E-state index contributed by atoms with van der Waals surface area (Å²) in [5.74, 6) is 0.251. The van der Waals surface area contributed by atoms with Crippen LogP contribution < -0.4 is 16.4 Å². The Labute approximate surface area is 107 Å². The predicted octanol–water partition coefficient (Wildman–Crippen LogP) is 0.252. The lowest BCUT2D eigenvalue weighted by atomic mass is 10.1. The number of aryl methyl sites for hydroxylation is 1. The molecule has 0 unspecified atom stereocenters. The fourth-order valence-electron chi connectivity index (χ4n) is 1.79. The third-order valence-electron chi connectivity index (χ3n) is 2.99. The number of aromatic nitrogens is 2. The highest BCUT2D eigenvalue weighted by Crippen LogP contribution is 2.23. The molecular formula is C12H21N5O. The van der Waals surface area contributed by atoms with Gasteiger partial charge in [0.2, 0.25) is 5.91 Å². The minimum absolute atomic E-state index is 0.0965. The van der Waals surface area contributed by atoms with Gasteiger partial charge in [-0.2, -0.15) is 5.10 Å². The van der Waals surface area contributed by atoms with Gasteiger partial charge in [0.1, 0.15) is 0 Å². The highest BCUT2D eigenvalue weighted by Gasteiger charge is 2.20. The molecule has 0 saturated carbocycles. The molecule has 1 aromatic rings. The molecule has 0 atom stereocenters. The van der Waals surface area contributed by atoms with E-state index in [0.29, 0.717) is 12.4 Å². The Balaban J connectivity index is 3.27. The third kappa shape index (κ3) is 2.95. The van der Waals surface area contributed by atoms with Crippen molar-refractivity contribution < 1.29 is 4.79 Å². The zero-order valence-corrected chi connectivity index (χ0v) is 11.4. The number of amides is 1. The van der Waals surface area contributed by atoms with Crippen LogP contribution in [0.2, 0.25) is 0 Å². The number of nitrogens with zero attached hydrogens (tertiary/aromatic N) is 3. The molecule has 4 N–H and O–H groups in total. The van der Waals surface area contributed by atoms with Crippen LogP contribution in [0.15, 0.2) is 0 Å². The van der Waals surface area contributed by atoms with Gasteiger partial charge in [-0.3, -0.25) is 4.79 Å². The molecule has 1 aromatic heterocycles. The van der Waals surface area contributed by atoms with Crippen molar-refractivity contribution in [3.8, 4) is 0 Å². The summed E-state index contributed by atoms with van der Waals surface area (Å²) in [5.41, 5.74) is 13.8. The molecule has 6 nitrogen and oxygen atoms in total. The number of primary amides is 1. The fraction of sp³-hybridized carbons (Fsp3) is 0.583. The van der Waals surface area contributed by atoms with Crippen molar-refractivity contribution in [2.24, 2.45) is 11.5 Å². The minimum atomic E-state index is -0.397. The Kier molecular flexibility index (Phi) is 4.61. The lowest BCUT2D eigenvalue weighted by molar-refractivity contribution is -0.116. The molecular weight excluding hydrogens is 230 g/mol. The van der Waals surface area contributed by atoms with Crippen molar-refractivity contribution in [3.05, 3.63) is 16.8 Å². The van der Waals surface area contributed by atoms with Crippen molar-refractivity contribution in [2.45, 2.75) is 40.3 Å². The van der Waals surface area contributed by atoms with E-state index < -0.39 is 5.91 Å². The SMILES string of the molecule is Cc1nnc(N(CC(N)=O)C(C)C)c(CN)c1C. The quantitative estimate of drug-likeness (QED) is 0.781. The smallest absolute Gasteiger partial charge is 0.237 e. The van der Waals surface area contributed by atoms with E-state index in [-0.39, 0.29) is 12.6 Å². The van der Waals surface area contributed by atoms with Crippen molar-refractivity contribution in [1.29, 1.82) is 0 Å². The van der Waals surface area contributed by atoms with E-state index in [2.05, 4.69) is 10.2 Å². The number of anilines is 1. The summed E-state index contributed by atoms with van der Waals surface area (Å²) >= 11 is 0. The summed E-state index contributed by atoms with van der Waals surface area (Å²) in [7, 11) is 0. The molecule has 18 heavy (non-hydrogen) atoms. The van der Waals surface area contributed by atoms with E-state index in [4.69, 9.17) is 11.5 Å². The molecule has 0 saturated heterocycles. The maximum absolute atomic E-state index is 11.1. The molecule has 1 rings (SSSR count). The number of carbonyl (C=O) groups excluding carboxylic acids is 1. The second kappa shape index (κ2) is 5.77. The maximum atomic E-state index is 11.1. The van der Waals surface area contributed by atoms with E-state index in [0.717, 1.165) is 16.8 Å². The second-order valence-corrected chi connectivity index (χ2v) is 4.60. The molecule has 6 heteroatoms. The molecule has 0 radical (unpaired) electrons. The summed E-state index contributed by atoms with van der Waals surface area (Å²) in [5, 5.41) is 8.27. The van der Waals surface area contributed by atoms with Gasteiger partial charge < -0.3 is 16.4 Å². The Bertz CT molecular complexity index is 444. The van der Waals surface area contributed by atoms with Crippen LogP contribution in [-0.4, -0.2) is 28.7 Å². The third-order valence-corrected chi connectivity index (χ3v) is 2.99. The van der Waals surface area contributed by atoms with E-state index in [1.54, 1.807) is 0 Å². The van der Waals surface area contributed by atoms with Crippen molar-refractivity contribution in [1.82, 2.24) is 10.2 Å². The second-order valence-electron chi connectivity index (χ2n) is 4.60. The van der Waals surface area contributed by atoms with E-state index in [9.17, 15) is 4.79 Å². The Morgan fingerprint density at radius 3 is 2.39 bits per heavy atom. The van der Waals surface area contributed by atoms with Gasteiger partial charge in [0.15, 0.2) is 5.82 Å². The summed E-state index contributed by atoms with van der Waals surface area (Å²) in [4.78, 5) is 13.0. The lowest BCUT2D eigenvalue weighted by Crippen LogP contribution is -2.40. The summed E-state index contributed by atoms with van der Waals surface area (Å²) in [6.07, 6.45) is 0. The zero-order chi connectivity index (χ0) is 13.9. The summed E-state index contributed by atoms with van der Waals surface area (Å²) in [6.45, 7) is 8.26. The van der Waals surface area contributed by atoms with Crippen LogP contribution in [0.1, 0.15) is 30.7 Å². The van der Waals surface area contributed by atoms with E-state index in [1.807, 2.05) is 32.6 Å². The first kappa shape index (κ1) is 14.4. The number of carbonyl (C=O) groups is 1. The standard InChI is InChI=1S/C12H21N5O/c1-7(2)17(6-11(14)18)12-10(5-13)8(3)9(4)15-16-12/h7H,5-6,13H2,1-4H3,(H2,14,18). The average molecular weight is 251 g/mol. The van der Waals surface area contributed by atoms with Crippen LogP contribution in [0.5, 0.6) is 0 Å². The Morgan fingerprint density at radius 1 is 1.33 bits per heavy atom. The molecule has 0 bridgehead atoms. The van der Waals surface area contributed by atoms with Gasteiger partial charge >= 0.3 is 0 Å². The fourth-order valence-corrected chi connectivity index (χ4v) is 1.79. The van der Waals surface area contributed by atoms with Gasteiger partial charge in [-0.1, -0.05) is 0 Å². The van der Waals surface area contributed by atoms with Crippen LogP contribution in [0.3, 0.4) is 0 Å². The minimum Gasteiger partial charge on any atom is -0.368 e. The highest BCUT2D eigenvalue weighted by molar-refractivity contribution is 5.79. The first-order valence-corrected chi connectivity index (χ1v) is 5.96. The van der Waals surface area contributed by atoms with Gasteiger partial charge in [0.05, 0.1) is 12.2 Å². The van der Waals surface area contributed by atoms with Crippen molar-refractivity contribution in [2.75, 3.05) is 11.4 Å². The first-order chi connectivity index (χ1) is 8.38. The van der Waals surface area contributed by atoms with Crippen LogP contribution in [0.4, 0.5) is 5.82 Å².